The molecule has 7 aliphatic heterocycles. The van der Waals surface area contributed by atoms with E-state index in [-0.39, 0.29) is 0 Å². The molecule has 0 aromatic carbocycles. The molecule has 87 heavy (non-hydrogen) atoms. The molecule has 7 aliphatic rings. The van der Waals surface area contributed by atoms with Crippen molar-refractivity contribution in [1.29, 1.82) is 0 Å². The van der Waals surface area contributed by atoms with Gasteiger partial charge in [0.2, 0.25) is 17.7 Å². The zero-order valence-electron chi connectivity index (χ0n) is 47.2. The highest BCUT2D eigenvalue weighted by molar-refractivity contribution is 5.74. The third kappa shape index (κ3) is 15.8. The van der Waals surface area contributed by atoms with Crippen LogP contribution in [0.25, 0.3) is 0 Å². The number of carbonyl (C=O) groups excluding carboxylic acids is 3. The molecule has 0 spiro atoms. The van der Waals surface area contributed by atoms with Gasteiger partial charge in [0.05, 0.1) is 58.4 Å². The van der Waals surface area contributed by atoms with Crippen molar-refractivity contribution in [2.45, 2.75) is 242 Å². The van der Waals surface area contributed by atoms with Crippen molar-refractivity contribution in [3.63, 3.8) is 0 Å². The van der Waals surface area contributed by atoms with Crippen LogP contribution in [0, 0.1) is 0 Å². The van der Waals surface area contributed by atoms with E-state index in [0.717, 1.165) is 20.8 Å². The topological polar surface area (TPSA) is 592 Å². The van der Waals surface area contributed by atoms with Crippen molar-refractivity contribution >= 4 is 17.7 Å². The van der Waals surface area contributed by atoms with Gasteiger partial charge in [0.1, 0.15) is 165 Å². The minimum absolute atomic E-state index is 0.578. The normalized spacial score (nSPS) is 48.9. The summed E-state index contributed by atoms with van der Waals surface area (Å²) in [7, 11) is 0. The summed E-state index contributed by atoms with van der Waals surface area (Å²) in [6.45, 7) is -2.10. The van der Waals surface area contributed by atoms with E-state index in [2.05, 4.69) is 16.0 Å². The van der Waals surface area contributed by atoms with Crippen LogP contribution in [0.15, 0.2) is 0 Å². The lowest BCUT2D eigenvalue weighted by atomic mass is 9.92. The Morgan fingerprint density at radius 3 is 1.03 bits per heavy atom. The maximum absolute atomic E-state index is 12.7. The first-order valence-corrected chi connectivity index (χ1v) is 27.9. The van der Waals surface area contributed by atoms with Gasteiger partial charge >= 0.3 is 0 Å². The van der Waals surface area contributed by atoms with Crippen molar-refractivity contribution in [2.75, 3.05) is 46.2 Å². The summed E-state index contributed by atoms with van der Waals surface area (Å²) in [6, 6.07) is -4.66. The Kier molecular flexibility index (Phi) is 25.6. The predicted molar refractivity (Wildman–Crippen MR) is 270 cm³/mol. The number of rotatable bonds is 22. The van der Waals surface area contributed by atoms with Crippen molar-refractivity contribution in [1.82, 2.24) is 16.0 Å². The van der Waals surface area contributed by atoms with Gasteiger partial charge in [-0.3, -0.25) is 14.4 Å². The lowest BCUT2D eigenvalue weighted by molar-refractivity contribution is -0.388. The van der Waals surface area contributed by atoms with Crippen LogP contribution in [-0.2, 0) is 76.0 Å². The molecule has 22 N–H and O–H groups in total. The summed E-state index contributed by atoms with van der Waals surface area (Å²) < 4.78 is 76.2. The molecule has 0 aliphatic carbocycles. The molecule has 0 aromatic rings. The van der Waals surface area contributed by atoms with Gasteiger partial charge in [0.15, 0.2) is 37.7 Å². The number of hydrogen-bond acceptors (Lipinski definition) is 35. The standard InChI is InChI=1S/C49H83N3O35/c1-12-23(50-13(2)59)30(66)39(19(8-56)76-12)83-44-24(51-14(3)60)31(67)41(21(10-58)80-44)85-48-38(74)42(86-47-37(73)34(70)27(63)17(6-54)78-47)29(65)22(82-48)11-75-49-43(35(71)28(64)18(7-55)79-49)87-45-25(52-15(4)61)32(68)40(20(9-57)81-45)84-46-36(72)33(69)26(62)16(5-53)77-46/h12,16-49,53-58,62-74H,5-11H2,1-4H3,(H,50,59)(H,51,60)(H,52,61)/t12-,16?,17+,18?,19?,20-,21?,22?,23?,24?,25?,26-,27+,28+,29+,30+,31+,32?,33-,34?,35-,36?,37?,38?,39+,40+,41+,42-,43?,44-,45-,46-,47+,48-,49-/m0/s1. The number of aliphatic hydroxyl groups is 19. The molecule has 0 radical (unpaired) electrons. The highest BCUT2D eigenvalue weighted by Crippen LogP contribution is 2.37. The number of nitrogens with one attached hydrogen (secondary N) is 3. The zero-order valence-corrected chi connectivity index (χ0v) is 47.2. The molecular weight excluding hydrogens is 1190 g/mol. The number of carbonyl (C=O) groups is 3. The van der Waals surface area contributed by atoms with Crippen LogP contribution in [0.4, 0.5) is 0 Å². The van der Waals surface area contributed by atoms with Gasteiger partial charge in [0, 0.05) is 20.8 Å². The Balaban J connectivity index is 1.17. The molecule has 504 valence electrons. The van der Waals surface area contributed by atoms with Crippen molar-refractivity contribution < 1.29 is 173 Å². The average Bonchev–Trinajstić information content (AvgIpc) is 3.58. The number of ether oxygens (including phenoxy) is 13. The van der Waals surface area contributed by atoms with E-state index in [1.165, 1.54) is 6.92 Å². The Labute approximate surface area is 494 Å². The predicted octanol–water partition coefficient (Wildman–Crippen LogP) is -14.8. The quantitative estimate of drug-likeness (QED) is 0.0479. The van der Waals surface area contributed by atoms with Crippen LogP contribution in [-0.4, -0.2) is 376 Å². The second-order valence-corrected chi connectivity index (χ2v) is 22.1. The van der Waals surface area contributed by atoms with Gasteiger partial charge < -0.3 is 175 Å². The first kappa shape index (κ1) is 71.6. The minimum atomic E-state index is -2.32. The summed E-state index contributed by atoms with van der Waals surface area (Å²) in [5.74, 6) is -2.27. The van der Waals surface area contributed by atoms with E-state index in [0.29, 0.717) is 0 Å². The fourth-order valence-electron chi connectivity index (χ4n) is 11.3. The molecule has 38 nitrogen and oxygen atoms in total. The van der Waals surface area contributed by atoms with Crippen molar-refractivity contribution in [3.8, 4) is 0 Å². The lowest BCUT2D eigenvalue weighted by Gasteiger charge is -2.50. The smallest absolute Gasteiger partial charge is 0.217 e. The minimum Gasteiger partial charge on any atom is -0.394 e. The van der Waals surface area contributed by atoms with Crippen molar-refractivity contribution in [3.05, 3.63) is 0 Å². The van der Waals surface area contributed by atoms with E-state index < -0.39 is 279 Å². The van der Waals surface area contributed by atoms with Gasteiger partial charge in [-0.2, -0.15) is 0 Å². The summed E-state index contributed by atoms with van der Waals surface area (Å²) in [5.41, 5.74) is 0. The Bertz CT molecular complexity index is 2180. The molecule has 7 saturated heterocycles. The second-order valence-electron chi connectivity index (χ2n) is 22.1. The third-order valence-corrected chi connectivity index (χ3v) is 16.0. The number of aliphatic hydroxyl groups excluding tert-OH is 19. The van der Waals surface area contributed by atoms with Crippen molar-refractivity contribution in [2.24, 2.45) is 0 Å². The third-order valence-electron chi connectivity index (χ3n) is 16.0. The average molecular weight is 1270 g/mol. The van der Waals surface area contributed by atoms with Crippen LogP contribution in [0.5, 0.6) is 0 Å². The van der Waals surface area contributed by atoms with Gasteiger partial charge in [-0.05, 0) is 6.92 Å². The van der Waals surface area contributed by atoms with Crippen LogP contribution >= 0.6 is 0 Å². The summed E-state index contributed by atoms with van der Waals surface area (Å²) in [5, 5.41) is 214. The van der Waals surface area contributed by atoms with E-state index in [4.69, 9.17) is 61.6 Å². The first-order chi connectivity index (χ1) is 41.1. The highest BCUT2D eigenvalue weighted by Gasteiger charge is 2.58. The van der Waals surface area contributed by atoms with Gasteiger partial charge in [-0.25, -0.2) is 0 Å². The summed E-state index contributed by atoms with van der Waals surface area (Å²) in [4.78, 5) is 37.5. The molecule has 38 heteroatoms. The Morgan fingerprint density at radius 2 is 0.621 bits per heavy atom. The van der Waals surface area contributed by atoms with E-state index in [1.54, 1.807) is 0 Å². The molecular formula is C49H83N3O35. The SMILES string of the molecule is CC(=O)NC1C(O)[C@H](O[C@@H]2OC(CO)[C@H](O)[C@H](O)C2O)[C@H](CO)O[C@H]1OC1[C@@H](OCC2O[C@@H](O[C@@H]3C(CO)O[C@@H](O[C@@H]4C(CO)O[C@@H](C)C(NC(C)=O)[C@H]4O)C(NC(C)=O)[C@H]3O)C(O)[C@@H](O[C@H]3O[C@H](CO)[C@@H](O)C(O)C3O)[C@@H]2O)OC(CO)[C@@H](O)[C@@H]1O. The van der Waals surface area contributed by atoms with E-state index in [1.807, 2.05) is 0 Å². The maximum Gasteiger partial charge on any atom is 0.217 e. The monoisotopic (exact) mass is 1270 g/mol. The fraction of sp³-hybridized carbons (Fsp3) is 0.939. The van der Waals surface area contributed by atoms with Crippen LogP contribution in [0.2, 0.25) is 0 Å². The largest absolute Gasteiger partial charge is 0.394 e. The molecule has 0 saturated carbocycles. The molecule has 7 rings (SSSR count). The highest BCUT2D eigenvalue weighted by atomic mass is 16.8. The zero-order chi connectivity index (χ0) is 64.2. The van der Waals surface area contributed by atoms with Crippen LogP contribution in [0.3, 0.4) is 0 Å². The molecule has 0 aromatic heterocycles. The van der Waals surface area contributed by atoms with Crippen LogP contribution < -0.4 is 16.0 Å². The Morgan fingerprint density at radius 1 is 0.310 bits per heavy atom. The van der Waals surface area contributed by atoms with Crippen LogP contribution in [0.1, 0.15) is 27.7 Å². The lowest BCUT2D eigenvalue weighted by Crippen LogP contribution is -2.70. The molecule has 7 fully saturated rings. The Hall–Kier alpha value is -2.87. The summed E-state index contributed by atoms with van der Waals surface area (Å²) in [6.07, 6.45) is -60.6. The van der Waals surface area contributed by atoms with E-state index in [9.17, 15) is 111 Å². The van der Waals surface area contributed by atoms with Gasteiger partial charge in [-0.15, -0.1) is 0 Å². The number of amides is 3. The summed E-state index contributed by atoms with van der Waals surface area (Å²) >= 11 is 0. The number of hydrogen-bond donors (Lipinski definition) is 22. The molecule has 14 unspecified atom stereocenters. The maximum atomic E-state index is 12.7. The fourth-order valence-corrected chi connectivity index (χ4v) is 11.3. The molecule has 0 bridgehead atoms. The second kappa shape index (κ2) is 31.2. The first-order valence-electron chi connectivity index (χ1n) is 27.9. The van der Waals surface area contributed by atoms with Gasteiger partial charge in [-0.1, -0.05) is 0 Å². The molecule has 3 amide bonds. The molecule has 7 heterocycles. The van der Waals surface area contributed by atoms with Gasteiger partial charge in [0.25, 0.3) is 0 Å². The van der Waals surface area contributed by atoms with E-state index >= 15 is 0 Å². The molecule has 35 atom stereocenters.